The fraction of sp³-hybridized carbons (Fsp3) is 0.176. The lowest BCUT2D eigenvalue weighted by Gasteiger charge is -2.04. The molecule has 25 heavy (non-hydrogen) atoms. The summed E-state index contributed by atoms with van der Waals surface area (Å²) in [6, 6.07) is 9.90. The molecule has 0 aliphatic rings. The van der Waals surface area contributed by atoms with Gasteiger partial charge in [0.1, 0.15) is 0 Å². The molecule has 3 rings (SSSR count). The van der Waals surface area contributed by atoms with E-state index < -0.39 is 9.84 Å². The molecule has 0 atom stereocenters. The van der Waals surface area contributed by atoms with Crippen molar-refractivity contribution in [3.8, 4) is 10.6 Å². The van der Waals surface area contributed by atoms with Gasteiger partial charge in [0.2, 0.25) is 0 Å². The van der Waals surface area contributed by atoms with Crippen molar-refractivity contribution < 1.29 is 13.2 Å². The highest BCUT2D eigenvalue weighted by atomic mass is 32.2. The first-order valence-electron chi connectivity index (χ1n) is 7.42. The van der Waals surface area contributed by atoms with Crippen molar-refractivity contribution in [2.75, 3.05) is 6.26 Å². The summed E-state index contributed by atoms with van der Waals surface area (Å²) in [7, 11) is -3.26. The normalized spacial score (nSPS) is 11.4. The van der Waals surface area contributed by atoms with Crippen LogP contribution in [0.25, 0.3) is 10.6 Å². The number of nitrogens with one attached hydrogen (secondary N) is 1. The minimum atomic E-state index is -3.26. The number of carbonyl (C=O) groups is 1. The minimum Gasteiger partial charge on any atom is -0.347 e. The Morgan fingerprint density at radius 1 is 1.16 bits per heavy atom. The molecule has 0 bridgehead atoms. The van der Waals surface area contributed by atoms with Gasteiger partial charge in [-0.3, -0.25) is 4.79 Å². The van der Waals surface area contributed by atoms with Crippen molar-refractivity contribution in [3.63, 3.8) is 0 Å². The number of amides is 1. The van der Waals surface area contributed by atoms with E-state index in [1.165, 1.54) is 24.3 Å². The summed E-state index contributed by atoms with van der Waals surface area (Å²) in [5.41, 5.74) is 1.39. The second-order valence-electron chi connectivity index (χ2n) is 5.50. The van der Waals surface area contributed by atoms with E-state index in [2.05, 4.69) is 10.3 Å². The molecule has 3 aromatic rings. The number of rotatable bonds is 5. The van der Waals surface area contributed by atoms with Crippen molar-refractivity contribution in [2.45, 2.75) is 18.4 Å². The molecule has 5 nitrogen and oxygen atoms in total. The Morgan fingerprint density at radius 2 is 1.88 bits per heavy atom. The number of sulfone groups is 1. The molecule has 0 radical (unpaired) electrons. The second kappa shape index (κ2) is 7.07. The summed E-state index contributed by atoms with van der Waals surface area (Å²) in [4.78, 5) is 19.0. The van der Waals surface area contributed by atoms with E-state index >= 15 is 0 Å². The Morgan fingerprint density at radius 3 is 2.48 bits per heavy atom. The SMILES string of the molecule is Cc1nc(-c2ccc(CNC(=O)c3ccc(S(C)(=O)=O)cc3)s2)cs1. The molecule has 0 unspecified atom stereocenters. The lowest BCUT2D eigenvalue weighted by atomic mass is 10.2. The number of aromatic nitrogens is 1. The molecule has 1 N–H and O–H groups in total. The smallest absolute Gasteiger partial charge is 0.251 e. The molecule has 0 saturated heterocycles. The van der Waals surface area contributed by atoms with E-state index in [0.29, 0.717) is 12.1 Å². The van der Waals surface area contributed by atoms with Crippen LogP contribution in [0, 0.1) is 6.92 Å². The molecule has 0 spiro atoms. The Bertz CT molecular complexity index is 1000. The van der Waals surface area contributed by atoms with Gasteiger partial charge in [-0.25, -0.2) is 13.4 Å². The standard InChI is InChI=1S/C17H16N2O3S3/c1-11-19-15(10-23-11)16-8-5-13(24-16)9-18-17(20)12-3-6-14(7-4-12)25(2,21)22/h3-8,10H,9H2,1-2H3,(H,18,20). The number of hydrogen-bond donors (Lipinski definition) is 1. The number of nitrogens with zero attached hydrogens (tertiary/aromatic N) is 1. The fourth-order valence-electron chi connectivity index (χ4n) is 2.21. The van der Waals surface area contributed by atoms with Crippen molar-refractivity contribution >= 4 is 38.4 Å². The number of benzene rings is 1. The number of thiophene rings is 1. The van der Waals surface area contributed by atoms with Crippen LogP contribution in [-0.2, 0) is 16.4 Å². The molecule has 0 aliphatic heterocycles. The van der Waals surface area contributed by atoms with E-state index in [-0.39, 0.29) is 10.8 Å². The topological polar surface area (TPSA) is 76.1 Å². The summed E-state index contributed by atoms with van der Waals surface area (Å²) in [5, 5.41) is 5.89. The number of hydrogen-bond acceptors (Lipinski definition) is 6. The molecule has 1 amide bonds. The zero-order valence-corrected chi connectivity index (χ0v) is 16.1. The Labute approximate surface area is 154 Å². The lowest BCUT2D eigenvalue weighted by Crippen LogP contribution is -2.22. The molecule has 2 heterocycles. The first kappa shape index (κ1) is 17.8. The Balaban J connectivity index is 1.63. The summed E-state index contributed by atoms with van der Waals surface area (Å²) in [6.45, 7) is 2.39. The molecule has 8 heteroatoms. The third kappa shape index (κ3) is 4.33. The van der Waals surface area contributed by atoms with E-state index in [9.17, 15) is 13.2 Å². The van der Waals surface area contributed by atoms with Gasteiger partial charge in [-0.2, -0.15) is 0 Å². The van der Waals surface area contributed by atoms with Crippen LogP contribution in [0.2, 0.25) is 0 Å². The molecule has 0 saturated carbocycles. The molecular weight excluding hydrogens is 376 g/mol. The van der Waals surface area contributed by atoms with Gasteiger partial charge in [0.05, 0.1) is 27.0 Å². The van der Waals surface area contributed by atoms with E-state index in [4.69, 9.17) is 0 Å². The third-order valence-electron chi connectivity index (χ3n) is 3.50. The molecule has 1 aromatic carbocycles. The van der Waals surface area contributed by atoms with E-state index in [1.54, 1.807) is 22.7 Å². The predicted octanol–water partition coefficient (Wildman–Crippen LogP) is 3.51. The molecular formula is C17H16N2O3S3. The van der Waals surface area contributed by atoms with Crippen molar-refractivity contribution in [3.05, 3.63) is 57.2 Å². The van der Waals surface area contributed by atoms with Crippen LogP contribution in [0.5, 0.6) is 0 Å². The quantitative estimate of drug-likeness (QED) is 0.721. The molecule has 0 fully saturated rings. The largest absolute Gasteiger partial charge is 0.347 e. The number of carbonyl (C=O) groups excluding carboxylic acids is 1. The summed E-state index contributed by atoms with van der Waals surface area (Å²) < 4.78 is 22.9. The monoisotopic (exact) mass is 392 g/mol. The third-order valence-corrected chi connectivity index (χ3v) is 6.51. The van der Waals surface area contributed by atoms with Gasteiger partial charge >= 0.3 is 0 Å². The second-order valence-corrected chi connectivity index (χ2v) is 9.74. The predicted molar refractivity (Wildman–Crippen MR) is 101 cm³/mol. The molecule has 2 aromatic heterocycles. The van der Waals surface area contributed by atoms with Crippen LogP contribution >= 0.6 is 22.7 Å². The van der Waals surface area contributed by atoms with Crippen LogP contribution in [0.15, 0.2) is 46.7 Å². The maximum atomic E-state index is 12.2. The average Bonchev–Trinajstić information content (AvgIpc) is 3.20. The summed E-state index contributed by atoms with van der Waals surface area (Å²) >= 11 is 3.20. The summed E-state index contributed by atoms with van der Waals surface area (Å²) in [6.07, 6.45) is 1.14. The maximum Gasteiger partial charge on any atom is 0.251 e. The lowest BCUT2D eigenvalue weighted by molar-refractivity contribution is 0.0951. The minimum absolute atomic E-state index is 0.200. The van der Waals surface area contributed by atoms with Gasteiger partial charge in [-0.15, -0.1) is 22.7 Å². The van der Waals surface area contributed by atoms with E-state index in [0.717, 1.165) is 26.7 Å². The van der Waals surface area contributed by atoms with Gasteiger partial charge in [0.25, 0.3) is 5.91 Å². The number of thiazole rings is 1. The zero-order chi connectivity index (χ0) is 18.0. The van der Waals surface area contributed by atoms with Gasteiger partial charge in [-0.1, -0.05) is 0 Å². The van der Waals surface area contributed by atoms with Crippen molar-refractivity contribution in [2.24, 2.45) is 0 Å². The van der Waals surface area contributed by atoms with Crippen LogP contribution in [0.1, 0.15) is 20.2 Å². The Hall–Kier alpha value is -2.03. The number of aryl methyl sites for hydroxylation is 1. The van der Waals surface area contributed by atoms with Gasteiger partial charge in [0, 0.05) is 22.1 Å². The highest BCUT2D eigenvalue weighted by Gasteiger charge is 2.11. The maximum absolute atomic E-state index is 12.2. The van der Waals surface area contributed by atoms with Crippen molar-refractivity contribution in [1.29, 1.82) is 0 Å². The highest BCUT2D eigenvalue weighted by molar-refractivity contribution is 7.90. The van der Waals surface area contributed by atoms with Crippen LogP contribution in [0.3, 0.4) is 0 Å². The fourth-order valence-corrected chi connectivity index (χ4v) is 4.44. The zero-order valence-electron chi connectivity index (χ0n) is 13.6. The van der Waals surface area contributed by atoms with Crippen molar-refractivity contribution in [1.82, 2.24) is 10.3 Å². The Kier molecular flexibility index (Phi) is 5.03. The average molecular weight is 393 g/mol. The molecule has 130 valence electrons. The van der Waals surface area contributed by atoms with Gasteiger partial charge in [-0.05, 0) is 43.3 Å². The van der Waals surface area contributed by atoms with Crippen LogP contribution < -0.4 is 5.32 Å². The molecule has 0 aliphatic carbocycles. The highest BCUT2D eigenvalue weighted by Crippen LogP contribution is 2.28. The summed E-state index contributed by atoms with van der Waals surface area (Å²) in [5.74, 6) is -0.237. The van der Waals surface area contributed by atoms with E-state index in [1.807, 2.05) is 24.4 Å². The van der Waals surface area contributed by atoms with Gasteiger partial charge in [0.15, 0.2) is 9.84 Å². The van der Waals surface area contributed by atoms with Crippen LogP contribution in [-0.4, -0.2) is 25.6 Å². The first-order valence-corrected chi connectivity index (χ1v) is 11.0. The first-order chi connectivity index (χ1) is 11.8. The van der Waals surface area contributed by atoms with Crippen LogP contribution in [0.4, 0.5) is 0 Å². The van der Waals surface area contributed by atoms with Gasteiger partial charge < -0.3 is 5.32 Å².